The van der Waals surface area contributed by atoms with Crippen molar-refractivity contribution in [2.45, 2.75) is 64.8 Å². The van der Waals surface area contributed by atoms with Crippen molar-refractivity contribution >= 4 is 5.91 Å². The van der Waals surface area contributed by atoms with Crippen LogP contribution in [0, 0.1) is 12.8 Å². The predicted octanol–water partition coefficient (Wildman–Crippen LogP) is 3.30. The van der Waals surface area contributed by atoms with Crippen molar-refractivity contribution in [3.05, 3.63) is 35.2 Å². The number of hydrogen-bond donors (Lipinski definition) is 1. The normalized spacial score (nSPS) is 21.0. The monoisotopic (exact) mass is 355 g/mol. The van der Waals surface area contributed by atoms with Crippen molar-refractivity contribution in [2.24, 2.45) is 5.92 Å². The van der Waals surface area contributed by atoms with E-state index in [-0.39, 0.29) is 5.91 Å². The first-order valence-electron chi connectivity index (χ1n) is 10.0. The van der Waals surface area contributed by atoms with Gasteiger partial charge in [0.25, 0.3) is 5.91 Å². The van der Waals surface area contributed by atoms with Crippen LogP contribution in [0.5, 0.6) is 0 Å². The number of nitrogens with one attached hydrogen (secondary N) is 1. The molecular formula is C20H29N5O. The van der Waals surface area contributed by atoms with Crippen molar-refractivity contribution < 1.29 is 4.79 Å². The molecule has 1 saturated heterocycles. The summed E-state index contributed by atoms with van der Waals surface area (Å²) in [4.78, 5) is 19.6. The number of rotatable bonds is 5. The Morgan fingerprint density at radius 1 is 1.31 bits per heavy atom. The van der Waals surface area contributed by atoms with Gasteiger partial charge in [-0.05, 0) is 44.9 Å². The Balaban J connectivity index is 1.48. The molecule has 3 heterocycles. The van der Waals surface area contributed by atoms with Crippen LogP contribution in [0.15, 0.2) is 12.4 Å². The summed E-state index contributed by atoms with van der Waals surface area (Å²) in [6.45, 7) is 6.70. The number of H-pyrrole nitrogens is 1. The third kappa shape index (κ3) is 3.17. The second-order valence-corrected chi connectivity index (χ2v) is 7.85. The summed E-state index contributed by atoms with van der Waals surface area (Å²) < 4.78 is 2.33. The molecule has 2 fully saturated rings. The molecule has 0 radical (unpaired) electrons. The number of imidazole rings is 1. The smallest absolute Gasteiger partial charge is 0.274 e. The highest BCUT2D eigenvalue weighted by Crippen LogP contribution is 2.31. The molecule has 1 amide bonds. The van der Waals surface area contributed by atoms with Crippen LogP contribution in [0.4, 0.5) is 0 Å². The zero-order chi connectivity index (χ0) is 18.1. The Hall–Kier alpha value is -2.11. The molecular weight excluding hydrogens is 326 g/mol. The lowest BCUT2D eigenvalue weighted by Crippen LogP contribution is -2.40. The maximum absolute atomic E-state index is 13.0. The van der Waals surface area contributed by atoms with Gasteiger partial charge in [-0.3, -0.25) is 9.89 Å². The number of amides is 1. The predicted molar refractivity (Wildman–Crippen MR) is 100 cm³/mol. The summed E-state index contributed by atoms with van der Waals surface area (Å²) in [6.07, 6.45) is 11.1. The average molecular weight is 355 g/mol. The molecule has 140 valence electrons. The molecule has 2 aliphatic rings. The number of aryl methyl sites for hydroxylation is 1. The summed E-state index contributed by atoms with van der Waals surface area (Å²) in [5.74, 6) is 2.35. The Morgan fingerprint density at radius 2 is 2.15 bits per heavy atom. The Kier molecular flexibility index (Phi) is 4.83. The van der Waals surface area contributed by atoms with E-state index in [1.807, 2.05) is 18.0 Å². The van der Waals surface area contributed by atoms with Crippen LogP contribution in [0.1, 0.15) is 72.5 Å². The Labute approximate surface area is 155 Å². The van der Waals surface area contributed by atoms with E-state index in [2.05, 4.69) is 32.9 Å². The molecule has 6 nitrogen and oxygen atoms in total. The Bertz CT molecular complexity index is 773. The summed E-state index contributed by atoms with van der Waals surface area (Å²) >= 11 is 0. The zero-order valence-electron chi connectivity index (χ0n) is 15.9. The highest BCUT2D eigenvalue weighted by molar-refractivity contribution is 5.94. The van der Waals surface area contributed by atoms with Crippen LogP contribution in [0.3, 0.4) is 0 Å². The van der Waals surface area contributed by atoms with Crippen LogP contribution < -0.4 is 0 Å². The van der Waals surface area contributed by atoms with Gasteiger partial charge in [0, 0.05) is 49.2 Å². The highest BCUT2D eigenvalue weighted by atomic mass is 16.2. The second kappa shape index (κ2) is 7.25. The van der Waals surface area contributed by atoms with E-state index in [9.17, 15) is 4.79 Å². The quantitative estimate of drug-likeness (QED) is 0.895. The molecule has 2 aromatic heterocycles. The fourth-order valence-electron chi connectivity index (χ4n) is 4.30. The van der Waals surface area contributed by atoms with Gasteiger partial charge < -0.3 is 9.47 Å². The average Bonchev–Trinajstić information content (AvgIpc) is 3.24. The number of likely N-dealkylation sites (tertiary alicyclic amines) is 1. The van der Waals surface area contributed by atoms with Crippen LogP contribution in [-0.4, -0.2) is 43.6 Å². The molecule has 0 bridgehead atoms. The molecule has 26 heavy (non-hydrogen) atoms. The summed E-state index contributed by atoms with van der Waals surface area (Å²) in [5.41, 5.74) is 2.63. The van der Waals surface area contributed by atoms with Gasteiger partial charge in [0.05, 0.1) is 0 Å². The molecule has 1 aliphatic heterocycles. The van der Waals surface area contributed by atoms with Gasteiger partial charge in [-0.25, -0.2) is 4.98 Å². The van der Waals surface area contributed by atoms with Gasteiger partial charge in [-0.15, -0.1) is 0 Å². The van der Waals surface area contributed by atoms with Gasteiger partial charge in [-0.2, -0.15) is 5.10 Å². The van der Waals surface area contributed by atoms with E-state index in [0.29, 0.717) is 11.6 Å². The third-order valence-electron chi connectivity index (χ3n) is 6.17. The minimum atomic E-state index is 0.0558. The molecule has 0 spiro atoms. The number of hydrogen-bond acceptors (Lipinski definition) is 3. The topological polar surface area (TPSA) is 66.8 Å². The van der Waals surface area contributed by atoms with E-state index < -0.39 is 0 Å². The van der Waals surface area contributed by atoms with Crippen molar-refractivity contribution in [3.63, 3.8) is 0 Å². The molecule has 1 aliphatic carbocycles. The van der Waals surface area contributed by atoms with E-state index in [1.165, 1.54) is 19.3 Å². The standard InChI is InChI=1S/C20H29N5O/c1-3-17-14(2)18(23-22-17)20(26)25-10-5-8-16(13-25)19-21-9-11-24(19)12-15-6-4-7-15/h9,11,15-16H,3-8,10,12-13H2,1-2H3,(H,22,23)/t16-/m1/s1. The fourth-order valence-corrected chi connectivity index (χ4v) is 4.30. The minimum Gasteiger partial charge on any atom is -0.337 e. The van der Waals surface area contributed by atoms with Crippen LogP contribution in [0.2, 0.25) is 0 Å². The van der Waals surface area contributed by atoms with Crippen molar-refractivity contribution in [2.75, 3.05) is 13.1 Å². The van der Waals surface area contributed by atoms with E-state index in [4.69, 9.17) is 0 Å². The fraction of sp³-hybridized carbons (Fsp3) is 0.650. The largest absolute Gasteiger partial charge is 0.337 e. The molecule has 1 atom stereocenters. The van der Waals surface area contributed by atoms with Crippen LogP contribution in [0.25, 0.3) is 0 Å². The summed E-state index contributed by atoms with van der Waals surface area (Å²) in [7, 11) is 0. The zero-order valence-corrected chi connectivity index (χ0v) is 15.9. The van der Waals surface area contributed by atoms with Gasteiger partial charge in [-0.1, -0.05) is 13.3 Å². The first-order chi connectivity index (χ1) is 12.7. The lowest BCUT2D eigenvalue weighted by Gasteiger charge is -2.33. The molecule has 2 aromatic rings. The molecule has 0 aromatic carbocycles. The van der Waals surface area contributed by atoms with Crippen LogP contribution >= 0.6 is 0 Å². The molecule has 1 saturated carbocycles. The number of aromatic nitrogens is 4. The first-order valence-corrected chi connectivity index (χ1v) is 10.0. The first kappa shape index (κ1) is 17.3. The van der Waals surface area contributed by atoms with Gasteiger partial charge >= 0.3 is 0 Å². The number of carbonyl (C=O) groups excluding carboxylic acids is 1. The second-order valence-electron chi connectivity index (χ2n) is 7.85. The van der Waals surface area contributed by atoms with Crippen molar-refractivity contribution in [3.8, 4) is 0 Å². The van der Waals surface area contributed by atoms with E-state index in [1.54, 1.807) is 0 Å². The van der Waals surface area contributed by atoms with Gasteiger partial charge in [0.1, 0.15) is 5.82 Å². The molecule has 0 unspecified atom stereocenters. The number of aromatic amines is 1. The summed E-state index contributed by atoms with van der Waals surface area (Å²) in [5, 5.41) is 7.30. The molecule has 1 N–H and O–H groups in total. The van der Waals surface area contributed by atoms with Crippen LogP contribution in [-0.2, 0) is 13.0 Å². The highest BCUT2D eigenvalue weighted by Gasteiger charge is 2.30. The van der Waals surface area contributed by atoms with Crippen molar-refractivity contribution in [1.29, 1.82) is 0 Å². The SMILES string of the molecule is CCc1[nH]nc(C(=O)N2CCC[C@@H](c3nccn3CC3CCC3)C2)c1C. The maximum atomic E-state index is 13.0. The number of carbonyl (C=O) groups is 1. The van der Waals surface area contributed by atoms with E-state index >= 15 is 0 Å². The number of piperidine rings is 1. The van der Waals surface area contributed by atoms with E-state index in [0.717, 1.165) is 61.9 Å². The third-order valence-corrected chi connectivity index (χ3v) is 6.17. The minimum absolute atomic E-state index is 0.0558. The Morgan fingerprint density at radius 3 is 2.85 bits per heavy atom. The molecule has 6 heteroatoms. The lowest BCUT2D eigenvalue weighted by atomic mass is 9.85. The van der Waals surface area contributed by atoms with Gasteiger partial charge in [0.15, 0.2) is 5.69 Å². The van der Waals surface area contributed by atoms with Gasteiger partial charge in [0.2, 0.25) is 0 Å². The number of nitrogens with zero attached hydrogens (tertiary/aromatic N) is 4. The lowest BCUT2D eigenvalue weighted by molar-refractivity contribution is 0.0696. The maximum Gasteiger partial charge on any atom is 0.274 e. The molecule has 4 rings (SSSR count). The summed E-state index contributed by atoms with van der Waals surface area (Å²) in [6, 6.07) is 0. The van der Waals surface area contributed by atoms with Crippen molar-refractivity contribution in [1.82, 2.24) is 24.6 Å².